The number of rotatable bonds is 5. The van der Waals surface area contributed by atoms with Gasteiger partial charge in [0.2, 0.25) is 0 Å². The Morgan fingerprint density at radius 1 is 1.57 bits per heavy atom. The highest BCUT2D eigenvalue weighted by atomic mass is 19.3. The summed E-state index contributed by atoms with van der Waals surface area (Å²) >= 11 is 0. The highest BCUT2D eigenvalue weighted by molar-refractivity contribution is 5.66. The van der Waals surface area contributed by atoms with Crippen LogP contribution >= 0.6 is 0 Å². The Kier molecular flexibility index (Phi) is 4.25. The summed E-state index contributed by atoms with van der Waals surface area (Å²) < 4.78 is 24.2. The number of hydrogen-bond donors (Lipinski definition) is 1. The van der Waals surface area contributed by atoms with Crippen LogP contribution in [0.5, 0.6) is 0 Å². The van der Waals surface area contributed by atoms with Gasteiger partial charge in [0.1, 0.15) is 0 Å². The predicted octanol–water partition coefficient (Wildman–Crippen LogP) is 1.58. The lowest BCUT2D eigenvalue weighted by Gasteiger charge is -2.23. The average Bonchev–Trinajstić information content (AvgIpc) is 2.47. The van der Waals surface area contributed by atoms with E-state index in [4.69, 9.17) is 5.11 Å². The van der Waals surface area contributed by atoms with E-state index in [0.717, 1.165) is 12.8 Å². The lowest BCUT2D eigenvalue weighted by Crippen LogP contribution is -2.33. The monoisotopic (exact) mass is 207 g/mol. The molecule has 1 heterocycles. The van der Waals surface area contributed by atoms with Gasteiger partial charge in [0.15, 0.2) is 0 Å². The number of carboxylic acid groups (broad SMARTS) is 1. The first-order valence-corrected chi connectivity index (χ1v) is 4.83. The topological polar surface area (TPSA) is 40.5 Å². The first-order chi connectivity index (χ1) is 6.59. The number of likely N-dealkylation sites (tertiary alicyclic amines) is 1. The fourth-order valence-corrected chi connectivity index (χ4v) is 1.93. The third kappa shape index (κ3) is 3.57. The van der Waals surface area contributed by atoms with Crippen LogP contribution in [0.1, 0.15) is 25.7 Å². The lowest BCUT2D eigenvalue weighted by atomic mass is 10.1. The molecule has 0 aromatic carbocycles. The van der Waals surface area contributed by atoms with Crippen molar-refractivity contribution in [1.82, 2.24) is 4.90 Å². The first-order valence-electron chi connectivity index (χ1n) is 4.83. The van der Waals surface area contributed by atoms with Gasteiger partial charge in [-0.15, -0.1) is 0 Å². The smallest absolute Gasteiger partial charge is 0.303 e. The Balaban J connectivity index is 2.31. The third-order valence-corrected chi connectivity index (χ3v) is 2.56. The van der Waals surface area contributed by atoms with Crippen molar-refractivity contribution in [3.63, 3.8) is 0 Å². The molecule has 1 N–H and O–H groups in total. The van der Waals surface area contributed by atoms with Crippen LogP contribution in [0.3, 0.4) is 0 Å². The molecule has 3 nitrogen and oxygen atoms in total. The van der Waals surface area contributed by atoms with Crippen molar-refractivity contribution >= 4 is 5.97 Å². The van der Waals surface area contributed by atoms with Crippen molar-refractivity contribution in [3.8, 4) is 0 Å². The van der Waals surface area contributed by atoms with Gasteiger partial charge in [0.25, 0.3) is 6.43 Å². The molecule has 1 rings (SSSR count). The van der Waals surface area contributed by atoms with Crippen LogP contribution in [0.15, 0.2) is 0 Å². The van der Waals surface area contributed by atoms with Gasteiger partial charge in [0, 0.05) is 12.5 Å². The molecule has 1 saturated heterocycles. The molecule has 1 aliphatic heterocycles. The molecule has 1 unspecified atom stereocenters. The second-order valence-electron chi connectivity index (χ2n) is 3.61. The minimum absolute atomic E-state index is 0.0418. The molecule has 1 atom stereocenters. The fraction of sp³-hybridized carbons (Fsp3) is 0.889. The summed E-state index contributed by atoms with van der Waals surface area (Å²) in [6.45, 7) is 0.457. The van der Waals surface area contributed by atoms with Crippen molar-refractivity contribution in [3.05, 3.63) is 0 Å². The largest absolute Gasteiger partial charge is 0.481 e. The molecule has 0 aromatic heterocycles. The standard InChI is InChI=1S/C9H15F2NO2/c10-8(11)6-12-5-1-2-7(12)3-4-9(13)14/h7-8H,1-6H2,(H,13,14). The van der Waals surface area contributed by atoms with Gasteiger partial charge in [-0.05, 0) is 25.8 Å². The van der Waals surface area contributed by atoms with Gasteiger partial charge in [-0.2, -0.15) is 0 Å². The molecule has 1 aliphatic rings. The second kappa shape index (κ2) is 5.24. The normalized spacial score (nSPS) is 23.2. The van der Waals surface area contributed by atoms with E-state index < -0.39 is 12.4 Å². The molecule has 14 heavy (non-hydrogen) atoms. The molecule has 0 aliphatic carbocycles. The van der Waals surface area contributed by atoms with Crippen LogP contribution in [0.25, 0.3) is 0 Å². The van der Waals surface area contributed by atoms with E-state index in [1.54, 1.807) is 4.90 Å². The first kappa shape index (κ1) is 11.4. The summed E-state index contributed by atoms with van der Waals surface area (Å²) in [5.41, 5.74) is 0. The maximum absolute atomic E-state index is 12.1. The van der Waals surface area contributed by atoms with Crippen molar-refractivity contribution in [2.75, 3.05) is 13.1 Å². The van der Waals surface area contributed by atoms with Crippen LogP contribution in [0, 0.1) is 0 Å². The molecular formula is C9H15F2NO2. The van der Waals surface area contributed by atoms with E-state index in [1.807, 2.05) is 0 Å². The Morgan fingerprint density at radius 3 is 2.86 bits per heavy atom. The number of alkyl halides is 2. The molecular weight excluding hydrogens is 192 g/mol. The zero-order chi connectivity index (χ0) is 10.6. The van der Waals surface area contributed by atoms with Crippen LogP contribution < -0.4 is 0 Å². The number of nitrogens with zero attached hydrogens (tertiary/aromatic N) is 1. The Labute approximate surface area is 81.7 Å². The summed E-state index contributed by atoms with van der Waals surface area (Å²) in [5, 5.41) is 8.48. The van der Waals surface area contributed by atoms with E-state index in [2.05, 4.69) is 0 Å². The van der Waals surface area contributed by atoms with E-state index in [9.17, 15) is 13.6 Å². The van der Waals surface area contributed by atoms with Gasteiger partial charge >= 0.3 is 5.97 Å². The molecule has 1 fully saturated rings. The third-order valence-electron chi connectivity index (χ3n) is 2.56. The van der Waals surface area contributed by atoms with Gasteiger partial charge in [-0.1, -0.05) is 0 Å². The lowest BCUT2D eigenvalue weighted by molar-refractivity contribution is -0.137. The molecule has 0 spiro atoms. The van der Waals surface area contributed by atoms with Gasteiger partial charge in [-0.3, -0.25) is 9.69 Å². The Morgan fingerprint density at radius 2 is 2.29 bits per heavy atom. The van der Waals surface area contributed by atoms with E-state index in [0.29, 0.717) is 13.0 Å². The fourth-order valence-electron chi connectivity index (χ4n) is 1.93. The Hall–Kier alpha value is -0.710. The second-order valence-corrected chi connectivity index (χ2v) is 3.61. The van der Waals surface area contributed by atoms with E-state index in [1.165, 1.54) is 0 Å². The summed E-state index contributed by atoms with van der Waals surface area (Å²) in [6, 6.07) is 0.0418. The van der Waals surface area contributed by atoms with E-state index in [-0.39, 0.29) is 19.0 Å². The van der Waals surface area contributed by atoms with Crippen molar-refractivity contribution < 1.29 is 18.7 Å². The average molecular weight is 207 g/mol. The number of hydrogen-bond acceptors (Lipinski definition) is 2. The molecule has 0 radical (unpaired) electrons. The quantitative estimate of drug-likeness (QED) is 0.744. The zero-order valence-electron chi connectivity index (χ0n) is 7.96. The molecule has 0 amide bonds. The Bertz CT molecular complexity index is 199. The minimum Gasteiger partial charge on any atom is -0.481 e. The van der Waals surface area contributed by atoms with Gasteiger partial charge in [0.05, 0.1) is 6.54 Å². The van der Waals surface area contributed by atoms with Crippen molar-refractivity contribution in [1.29, 1.82) is 0 Å². The van der Waals surface area contributed by atoms with Gasteiger partial charge < -0.3 is 5.11 Å². The molecule has 82 valence electrons. The van der Waals surface area contributed by atoms with Gasteiger partial charge in [-0.25, -0.2) is 8.78 Å². The summed E-state index contributed by atoms with van der Waals surface area (Å²) in [6.07, 6.45) is -0.0101. The van der Waals surface area contributed by atoms with E-state index >= 15 is 0 Å². The molecule has 5 heteroatoms. The minimum atomic E-state index is -2.32. The molecule has 0 aromatic rings. The molecule has 0 bridgehead atoms. The number of aliphatic carboxylic acids is 1. The highest BCUT2D eigenvalue weighted by Gasteiger charge is 2.26. The maximum Gasteiger partial charge on any atom is 0.303 e. The number of halogens is 2. The van der Waals surface area contributed by atoms with Crippen LogP contribution in [-0.4, -0.2) is 41.5 Å². The van der Waals surface area contributed by atoms with Crippen LogP contribution in [0.2, 0.25) is 0 Å². The number of carboxylic acids is 1. The van der Waals surface area contributed by atoms with Crippen LogP contribution in [0.4, 0.5) is 8.78 Å². The van der Waals surface area contributed by atoms with Crippen LogP contribution in [-0.2, 0) is 4.79 Å². The molecule has 0 saturated carbocycles. The maximum atomic E-state index is 12.1. The SMILES string of the molecule is O=C(O)CCC1CCCN1CC(F)F. The van der Waals surface area contributed by atoms with Crippen molar-refractivity contribution in [2.24, 2.45) is 0 Å². The number of carbonyl (C=O) groups is 1. The summed E-state index contributed by atoms with van der Waals surface area (Å²) in [4.78, 5) is 12.0. The summed E-state index contributed by atoms with van der Waals surface area (Å²) in [5.74, 6) is -0.853. The highest BCUT2D eigenvalue weighted by Crippen LogP contribution is 2.21. The summed E-state index contributed by atoms with van der Waals surface area (Å²) in [7, 11) is 0. The predicted molar refractivity (Wildman–Crippen MR) is 47.5 cm³/mol. The van der Waals surface area contributed by atoms with Crippen molar-refractivity contribution in [2.45, 2.75) is 38.2 Å². The zero-order valence-corrected chi connectivity index (χ0v) is 7.96.